The van der Waals surface area contributed by atoms with Crippen LogP contribution in [0.4, 0.5) is 0 Å². The third-order valence-corrected chi connectivity index (χ3v) is 4.79. The molecule has 1 amide bonds. The first-order chi connectivity index (χ1) is 8.19. The SMILES string of the molecule is Cc1ncc(C(=O)N2CCC3(CCNC3)C2)s1.Cl. The zero-order chi connectivity index (χ0) is 11.9. The predicted octanol–water partition coefficient (Wildman–Crippen LogP) is 1.70. The molecule has 18 heavy (non-hydrogen) atoms. The molecule has 2 aliphatic rings. The number of halogens is 1. The summed E-state index contributed by atoms with van der Waals surface area (Å²) in [5.74, 6) is 0.166. The van der Waals surface area contributed by atoms with Gasteiger partial charge in [0.15, 0.2) is 0 Å². The van der Waals surface area contributed by atoms with Crippen molar-refractivity contribution in [3.63, 3.8) is 0 Å². The van der Waals surface area contributed by atoms with E-state index in [1.165, 1.54) is 17.8 Å². The molecule has 1 atom stereocenters. The lowest BCUT2D eigenvalue weighted by molar-refractivity contribution is 0.0780. The Kier molecular flexibility index (Phi) is 3.94. The molecule has 2 fully saturated rings. The number of amides is 1. The molecule has 0 bridgehead atoms. The number of carbonyl (C=O) groups is 1. The first kappa shape index (κ1) is 13.8. The van der Waals surface area contributed by atoms with E-state index >= 15 is 0 Å². The third-order valence-electron chi connectivity index (χ3n) is 3.89. The van der Waals surface area contributed by atoms with E-state index in [0.29, 0.717) is 5.41 Å². The normalized spacial score (nSPS) is 26.6. The summed E-state index contributed by atoms with van der Waals surface area (Å²) in [7, 11) is 0. The predicted molar refractivity (Wildman–Crippen MR) is 74.5 cm³/mol. The minimum Gasteiger partial charge on any atom is -0.337 e. The van der Waals surface area contributed by atoms with E-state index in [2.05, 4.69) is 10.3 Å². The van der Waals surface area contributed by atoms with Gasteiger partial charge in [-0.3, -0.25) is 4.79 Å². The number of nitrogens with one attached hydrogen (secondary N) is 1. The van der Waals surface area contributed by atoms with Crippen molar-refractivity contribution < 1.29 is 4.79 Å². The summed E-state index contributed by atoms with van der Waals surface area (Å²) in [6, 6.07) is 0. The van der Waals surface area contributed by atoms with Crippen LogP contribution in [0.3, 0.4) is 0 Å². The molecule has 3 rings (SSSR count). The van der Waals surface area contributed by atoms with Crippen LogP contribution in [-0.4, -0.2) is 42.0 Å². The number of aromatic nitrogens is 1. The first-order valence-electron chi connectivity index (χ1n) is 6.11. The highest BCUT2D eigenvalue weighted by molar-refractivity contribution is 7.13. The van der Waals surface area contributed by atoms with Crippen molar-refractivity contribution in [3.8, 4) is 0 Å². The molecule has 100 valence electrons. The topological polar surface area (TPSA) is 45.2 Å². The van der Waals surface area contributed by atoms with Crippen LogP contribution in [-0.2, 0) is 0 Å². The zero-order valence-corrected chi connectivity index (χ0v) is 12.1. The quantitative estimate of drug-likeness (QED) is 0.855. The molecule has 1 spiro atoms. The van der Waals surface area contributed by atoms with Crippen LogP contribution in [0.2, 0.25) is 0 Å². The van der Waals surface area contributed by atoms with Gasteiger partial charge in [0.25, 0.3) is 5.91 Å². The van der Waals surface area contributed by atoms with Gasteiger partial charge in [0.1, 0.15) is 4.88 Å². The molecule has 0 radical (unpaired) electrons. The van der Waals surface area contributed by atoms with Crippen molar-refractivity contribution in [2.24, 2.45) is 5.41 Å². The monoisotopic (exact) mass is 287 g/mol. The second kappa shape index (κ2) is 5.15. The summed E-state index contributed by atoms with van der Waals surface area (Å²) in [6.45, 7) is 5.92. The Bertz CT molecular complexity index is 442. The molecule has 0 saturated carbocycles. The average Bonchev–Trinajstić information content (AvgIpc) is 3.02. The number of hydrogen-bond donors (Lipinski definition) is 1. The standard InChI is InChI=1S/C12H17N3OS.ClH/c1-9-14-6-10(17-9)11(16)15-5-3-12(8-15)2-4-13-7-12;/h6,13H,2-5,7-8H2,1H3;1H. The number of hydrogen-bond acceptors (Lipinski definition) is 4. The van der Waals surface area contributed by atoms with Gasteiger partial charge < -0.3 is 10.2 Å². The molecular weight excluding hydrogens is 270 g/mol. The number of rotatable bonds is 1. The van der Waals surface area contributed by atoms with Crippen LogP contribution >= 0.6 is 23.7 Å². The molecule has 0 aromatic carbocycles. The van der Waals surface area contributed by atoms with Gasteiger partial charge in [-0.25, -0.2) is 4.98 Å². The molecule has 1 aromatic heterocycles. The molecule has 2 saturated heterocycles. The Labute approximate surface area is 117 Å². The summed E-state index contributed by atoms with van der Waals surface area (Å²) in [4.78, 5) is 19.2. The van der Waals surface area contributed by atoms with Crippen molar-refractivity contribution in [3.05, 3.63) is 16.1 Å². The lowest BCUT2D eigenvalue weighted by atomic mass is 9.87. The van der Waals surface area contributed by atoms with E-state index in [0.717, 1.165) is 42.5 Å². The van der Waals surface area contributed by atoms with Crippen molar-refractivity contribution in [2.75, 3.05) is 26.2 Å². The van der Waals surface area contributed by atoms with Crippen LogP contribution < -0.4 is 5.32 Å². The molecule has 1 N–H and O–H groups in total. The maximum atomic E-state index is 12.3. The van der Waals surface area contributed by atoms with Gasteiger partial charge in [-0.1, -0.05) is 0 Å². The second-order valence-corrected chi connectivity index (χ2v) is 6.38. The number of aryl methyl sites for hydroxylation is 1. The van der Waals surface area contributed by atoms with E-state index in [1.54, 1.807) is 6.20 Å². The lowest BCUT2D eigenvalue weighted by Gasteiger charge is -2.22. The van der Waals surface area contributed by atoms with E-state index in [1.807, 2.05) is 11.8 Å². The van der Waals surface area contributed by atoms with Crippen LogP contribution in [0.15, 0.2) is 6.20 Å². The molecule has 2 aliphatic heterocycles. The van der Waals surface area contributed by atoms with Crippen molar-refractivity contribution in [1.82, 2.24) is 15.2 Å². The van der Waals surface area contributed by atoms with Gasteiger partial charge in [0, 0.05) is 25.0 Å². The Morgan fingerprint density at radius 2 is 2.39 bits per heavy atom. The average molecular weight is 288 g/mol. The first-order valence-corrected chi connectivity index (χ1v) is 6.93. The highest BCUT2D eigenvalue weighted by Gasteiger charge is 2.42. The second-order valence-electron chi connectivity index (χ2n) is 5.15. The van der Waals surface area contributed by atoms with Crippen molar-refractivity contribution >= 4 is 29.7 Å². The molecule has 4 nitrogen and oxygen atoms in total. The van der Waals surface area contributed by atoms with E-state index < -0.39 is 0 Å². The molecular formula is C12H18ClN3OS. The van der Waals surface area contributed by atoms with Crippen LogP contribution in [0.1, 0.15) is 27.5 Å². The fourth-order valence-electron chi connectivity index (χ4n) is 2.87. The summed E-state index contributed by atoms with van der Waals surface area (Å²) in [5.41, 5.74) is 0.357. The minimum atomic E-state index is 0. The Hall–Kier alpha value is -0.650. The minimum absolute atomic E-state index is 0. The van der Waals surface area contributed by atoms with E-state index in [-0.39, 0.29) is 18.3 Å². The number of nitrogens with zero attached hydrogens (tertiary/aromatic N) is 2. The highest BCUT2D eigenvalue weighted by Crippen LogP contribution is 2.36. The molecule has 1 unspecified atom stereocenters. The van der Waals surface area contributed by atoms with Gasteiger partial charge in [-0.05, 0) is 26.3 Å². The summed E-state index contributed by atoms with van der Waals surface area (Å²) in [6.07, 6.45) is 4.06. The number of carbonyl (C=O) groups excluding carboxylic acids is 1. The van der Waals surface area contributed by atoms with Crippen molar-refractivity contribution in [1.29, 1.82) is 0 Å². The lowest BCUT2D eigenvalue weighted by Crippen LogP contribution is -2.32. The Balaban J connectivity index is 0.00000120. The largest absolute Gasteiger partial charge is 0.337 e. The fraction of sp³-hybridized carbons (Fsp3) is 0.667. The van der Waals surface area contributed by atoms with Crippen LogP contribution in [0, 0.1) is 12.3 Å². The van der Waals surface area contributed by atoms with Gasteiger partial charge in [-0.15, -0.1) is 23.7 Å². The van der Waals surface area contributed by atoms with Gasteiger partial charge in [0.2, 0.25) is 0 Å². The van der Waals surface area contributed by atoms with Gasteiger partial charge in [-0.2, -0.15) is 0 Å². The summed E-state index contributed by atoms with van der Waals surface area (Å²) < 4.78 is 0. The van der Waals surface area contributed by atoms with E-state index in [4.69, 9.17) is 0 Å². The maximum Gasteiger partial charge on any atom is 0.265 e. The Morgan fingerprint density at radius 1 is 1.56 bits per heavy atom. The van der Waals surface area contributed by atoms with Crippen LogP contribution in [0.25, 0.3) is 0 Å². The fourth-order valence-corrected chi connectivity index (χ4v) is 3.61. The van der Waals surface area contributed by atoms with E-state index in [9.17, 15) is 4.79 Å². The van der Waals surface area contributed by atoms with Gasteiger partial charge >= 0.3 is 0 Å². The molecule has 0 aliphatic carbocycles. The molecule has 6 heteroatoms. The molecule has 1 aromatic rings. The van der Waals surface area contributed by atoms with Crippen LogP contribution in [0.5, 0.6) is 0 Å². The third kappa shape index (κ3) is 2.39. The number of likely N-dealkylation sites (tertiary alicyclic amines) is 1. The van der Waals surface area contributed by atoms with Gasteiger partial charge in [0.05, 0.1) is 11.2 Å². The zero-order valence-electron chi connectivity index (χ0n) is 10.4. The summed E-state index contributed by atoms with van der Waals surface area (Å²) in [5, 5.41) is 4.37. The number of thiazole rings is 1. The summed E-state index contributed by atoms with van der Waals surface area (Å²) >= 11 is 1.50. The Morgan fingerprint density at radius 3 is 3.00 bits per heavy atom. The smallest absolute Gasteiger partial charge is 0.265 e. The molecule has 3 heterocycles. The van der Waals surface area contributed by atoms with Crippen molar-refractivity contribution in [2.45, 2.75) is 19.8 Å². The maximum absolute atomic E-state index is 12.3. The highest BCUT2D eigenvalue weighted by atomic mass is 35.5.